The van der Waals surface area contributed by atoms with E-state index in [2.05, 4.69) is 10.3 Å². The molecule has 0 radical (unpaired) electrons. The fourth-order valence-electron chi connectivity index (χ4n) is 3.98. The Kier molecular flexibility index (Phi) is 4.63. The zero-order valence-corrected chi connectivity index (χ0v) is 15.5. The summed E-state index contributed by atoms with van der Waals surface area (Å²) in [7, 11) is 0. The van der Waals surface area contributed by atoms with E-state index in [0.717, 1.165) is 11.3 Å². The quantitative estimate of drug-likeness (QED) is 0.830. The molecule has 4 rings (SSSR count). The zero-order chi connectivity index (χ0) is 18.4. The molecule has 1 aromatic carbocycles. The molecule has 0 saturated carbocycles. The van der Waals surface area contributed by atoms with Crippen molar-refractivity contribution in [3.63, 3.8) is 0 Å². The van der Waals surface area contributed by atoms with Gasteiger partial charge < -0.3 is 10.1 Å². The van der Waals surface area contributed by atoms with Crippen molar-refractivity contribution in [1.82, 2.24) is 4.98 Å². The van der Waals surface area contributed by atoms with Crippen LogP contribution < -0.4 is 5.32 Å². The monoisotopic (exact) mass is 394 g/mol. The van der Waals surface area contributed by atoms with Crippen molar-refractivity contribution >= 4 is 34.8 Å². The van der Waals surface area contributed by atoms with Gasteiger partial charge in [0, 0.05) is 29.9 Å². The van der Waals surface area contributed by atoms with Crippen LogP contribution in [0.1, 0.15) is 23.6 Å². The van der Waals surface area contributed by atoms with Crippen LogP contribution in [0.2, 0.25) is 10.0 Å². The molecule has 1 N–H and O–H groups in total. The number of hydrogen-bond acceptors (Lipinski definition) is 3. The minimum absolute atomic E-state index is 0.206. The van der Waals surface area contributed by atoms with Crippen molar-refractivity contribution in [1.29, 1.82) is 0 Å². The first kappa shape index (κ1) is 17.7. The van der Waals surface area contributed by atoms with Crippen molar-refractivity contribution in [2.24, 2.45) is 5.92 Å². The lowest BCUT2D eigenvalue weighted by molar-refractivity contribution is -0.121. The summed E-state index contributed by atoms with van der Waals surface area (Å²) in [5.74, 6) is -1.02. The molecule has 2 fully saturated rings. The number of alkyl halides is 1. The van der Waals surface area contributed by atoms with Crippen LogP contribution in [0.5, 0.6) is 0 Å². The van der Waals surface area contributed by atoms with E-state index in [4.69, 9.17) is 27.9 Å². The van der Waals surface area contributed by atoms with Crippen molar-refractivity contribution in [3.8, 4) is 0 Å². The second kappa shape index (κ2) is 6.80. The lowest BCUT2D eigenvalue weighted by Crippen LogP contribution is -2.39. The number of halogens is 3. The Morgan fingerprint density at radius 3 is 2.81 bits per heavy atom. The Hall–Kier alpha value is -1.69. The molecule has 136 valence electrons. The molecular formula is C19H17Cl2FN2O2. The minimum atomic E-state index is -1.06. The number of aromatic nitrogens is 1. The number of carbonyl (C=O) groups excluding carboxylic acids is 1. The maximum atomic E-state index is 14.3. The number of carbonyl (C=O) groups is 1. The van der Waals surface area contributed by atoms with Gasteiger partial charge >= 0.3 is 0 Å². The number of hydrogen-bond donors (Lipinski definition) is 1. The normalized spacial score (nSPS) is 29.8. The molecule has 2 aliphatic rings. The van der Waals surface area contributed by atoms with Crippen LogP contribution in [0.3, 0.4) is 0 Å². The fraction of sp³-hybridized carbons (Fsp3) is 0.368. The number of aryl methyl sites for hydroxylation is 1. The third kappa shape index (κ3) is 3.08. The molecular weight excluding hydrogens is 378 g/mol. The number of nitrogens with one attached hydrogen (secondary N) is 1. The molecule has 1 aromatic heterocycles. The molecule has 0 unspecified atom stereocenters. The largest absolute Gasteiger partial charge is 0.370 e. The minimum Gasteiger partial charge on any atom is -0.370 e. The highest BCUT2D eigenvalue weighted by atomic mass is 35.5. The van der Waals surface area contributed by atoms with E-state index in [1.54, 1.807) is 24.4 Å². The van der Waals surface area contributed by atoms with Gasteiger partial charge in [-0.3, -0.25) is 9.78 Å². The van der Waals surface area contributed by atoms with E-state index < -0.39 is 24.3 Å². The highest BCUT2D eigenvalue weighted by Crippen LogP contribution is 2.50. The Morgan fingerprint density at radius 2 is 2.08 bits per heavy atom. The number of pyridine rings is 1. The molecule has 2 aromatic rings. The predicted octanol–water partition coefficient (Wildman–Crippen LogP) is 4.54. The molecule has 0 spiro atoms. The molecule has 2 saturated heterocycles. The smallest absolute Gasteiger partial charge is 0.230 e. The second-order valence-electron chi connectivity index (χ2n) is 6.79. The number of nitrogens with zero attached hydrogens (tertiary/aromatic N) is 1. The first-order valence-corrected chi connectivity index (χ1v) is 9.17. The molecule has 7 heteroatoms. The van der Waals surface area contributed by atoms with Gasteiger partial charge in [-0.15, -0.1) is 0 Å². The number of rotatable bonds is 3. The van der Waals surface area contributed by atoms with Crippen molar-refractivity contribution in [2.45, 2.75) is 37.6 Å². The fourth-order valence-corrected chi connectivity index (χ4v) is 4.28. The Labute approximate surface area is 160 Å². The standard InChI is InChI=1S/C19H17Cl2FN2O2/c1-9-6-10(4-5-23-9)16-17(15-8-14(22)18(16)26-15)19(25)24-11-2-3-12(20)13(21)7-11/h2-7,14-18H,8H2,1H3,(H,24,25)/t14-,15-,16-,17-,18+/m1/s1. The number of benzene rings is 1. The topological polar surface area (TPSA) is 51.2 Å². The van der Waals surface area contributed by atoms with Gasteiger partial charge in [-0.05, 0) is 42.8 Å². The molecule has 0 aliphatic carbocycles. The Bertz CT molecular complexity index is 863. The number of fused-ring (bicyclic) bond motifs is 2. The van der Waals surface area contributed by atoms with E-state index in [1.165, 1.54) is 0 Å². The highest BCUT2D eigenvalue weighted by molar-refractivity contribution is 6.42. The summed E-state index contributed by atoms with van der Waals surface area (Å²) in [5, 5.41) is 3.64. The molecule has 2 bridgehead atoms. The van der Waals surface area contributed by atoms with Crippen LogP contribution in [-0.4, -0.2) is 29.3 Å². The molecule has 4 nitrogen and oxygen atoms in total. The van der Waals surface area contributed by atoms with Crippen LogP contribution in [0.4, 0.5) is 10.1 Å². The average Bonchev–Trinajstić information content (AvgIpc) is 3.15. The summed E-state index contributed by atoms with van der Waals surface area (Å²) >= 11 is 11.9. The Morgan fingerprint density at radius 1 is 1.27 bits per heavy atom. The summed E-state index contributed by atoms with van der Waals surface area (Å²) < 4.78 is 20.1. The van der Waals surface area contributed by atoms with Gasteiger partial charge in [0.25, 0.3) is 0 Å². The number of ether oxygens (including phenoxy) is 1. The Balaban J connectivity index is 1.62. The summed E-state index contributed by atoms with van der Waals surface area (Å²) in [6, 6.07) is 8.62. The van der Waals surface area contributed by atoms with Gasteiger partial charge in [0.15, 0.2) is 0 Å². The van der Waals surface area contributed by atoms with Gasteiger partial charge in [0.2, 0.25) is 5.91 Å². The summed E-state index contributed by atoms with van der Waals surface area (Å²) in [4.78, 5) is 17.2. The average molecular weight is 395 g/mol. The maximum Gasteiger partial charge on any atom is 0.230 e. The highest BCUT2D eigenvalue weighted by Gasteiger charge is 2.57. The van der Waals surface area contributed by atoms with E-state index >= 15 is 0 Å². The summed E-state index contributed by atoms with van der Waals surface area (Å²) in [6.07, 6.45) is -0.183. The van der Waals surface area contributed by atoms with Crippen molar-refractivity contribution in [3.05, 3.63) is 57.8 Å². The predicted molar refractivity (Wildman–Crippen MR) is 98.5 cm³/mol. The van der Waals surface area contributed by atoms with Gasteiger partial charge in [-0.1, -0.05) is 23.2 Å². The van der Waals surface area contributed by atoms with Gasteiger partial charge in [-0.25, -0.2) is 4.39 Å². The SMILES string of the molecule is Cc1cc([C@H]2[C@H]3O[C@H](C[C@H]3F)[C@H]2C(=O)Nc2ccc(Cl)c(Cl)c2)ccn1. The van der Waals surface area contributed by atoms with Crippen LogP contribution >= 0.6 is 23.2 Å². The molecule has 3 heterocycles. The number of amides is 1. The van der Waals surface area contributed by atoms with Crippen molar-refractivity contribution in [2.75, 3.05) is 5.32 Å². The van der Waals surface area contributed by atoms with Gasteiger partial charge in [0.1, 0.15) is 6.17 Å². The second-order valence-corrected chi connectivity index (χ2v) is 7.61. The first-order chi connectivity index (χ1) is 12.4. The molecule has 1 amide bonds. The third-order valence-electron chi connectivity index (χ3n) is 5.08. The molecule has 2 aliphatic heterocycles. The molecule has 5 atom stereocenters. The lowest BCUT2D eigenvalue weighted by Gasteiger charge is -2.29. The summed E-state index contributed by atoms with van der Waals surface area (Å²) in [6.45, 7) is 1.87. The van der Waals surface area contributed by atoms with E-state index in [0.29, 0.717) is 15.7 Å². The van der Waals surface area contributed by atoms with Crippen LogP contribution in [0, 0.1) is 12.8 Å². The summed E-state index contributed by atoms with van der Waals surface area (Å²) in [5.41, 5.74) is 2.25. The van der Waals surface area contributed by atoms with E-state index in [9.17, 15) is 9.18 Å². The lowest BCUT2D eigenvalue weighted by atomic mass is 9.74. The zero-order valence-electron chi connectivity index (χ0n) is 14.0. The van der Waals surface area contributed by atoms with Gasteiger partial charge in [0.05, 0.1) is 28.2 Å². The van der Waals surface area contributed by atoms with Crippen LogP contribution in [0.15, 0.2) is 36.5 Å². The molecule has 26 heavy (non-hydrogen) atoms. The van der Waals surface area contributed by atoms with Gasteiger partial charge in [-0.2, -0.15) is 0 Å². The first-order valence-electron chi connectivity index (χ1n) is 8.42. The van der Waals surface area contributed by atoms with E-state index in [-0.39, 0.29) is 18.2 Å². The van der Waals surface area contributed by atoms with Crippen molar-refractivity contribution < 1.29 is 13.9 Å². The third-order valence-corrected chi connectivity index (χ3v) is 5.82. The van der Waals surface area contributed by atoms with Crippen LogP contribution in [-0.2, 0) is 9.53 Å². The van der Waals surface area contributed by atoms with Crippen LogP contribution in [0.25, 0.3) is 0 Å². The number of anilines is 1. The maximum absolute atomic E-state index is 14.3. The van der Waals surface area contributed by atoms with E-state index in [1.807, 2.05) is 19.1 Å².